The number of carbonyl (C=O) groups excluding carboxylic acids is 1. The van der Waals surface area contributed by atoms with Crippen LogP contribution in [0.1, 0.15) is 40.7 Å². The van der Waals surface area contributed by atoms with Gasteiger partial charge >= 0.3 is 17.8 Å². The number of rotatable bonds is 5. The van der Waals surface area contributed by atoms with Crippen molar-refractivity contribution in [2.24, 2.45) is 0 Å². The van der Waals surface area contributed by atoms with Gasteiger partial charge in [-0.15, -0.1) is 0 Å². The minimum Gasteiger partial charge on any atom is -0.477 e. The van der Waals surface area contributed by atoms with Crippen molar-refractivity contribution in [1.82, 2.24) is 9.13 Å². The number of hydrogen-bond donors (Lipinski definition) is 1. The van der Waals surface area contributed by atoms with Crippen LogP contribution >= 0.6 is 0 Å². The molecule has 1 amide bonds. The van der Waals surface area contributed by atoms with E-state index >= 15 is 0 Å². The molecule has 12 heteroatoms. The molecule has 2 heterocycles. The molecule has 0 bridgehead atoms. The second-order valence-corrected chi connectivity index (χ2v) is 8.18. The van der Waals surface area contributed by atoms with Gasteiger partial charge in [0, 0.05) is 24.8 Å². The molecule has 8 nitrogen and oxygen atoms in total. The van der Waals surface area contributed by atoms with Gasteiger partial charge in [-0.05, 0) is 48.7 Å². The second-order valence-electron chi connectivity index (χ2n) is 8.18. The van der Waals surface area contributed by atoms with Crippen molar-refractivity contribution in [1.29, 1.82) is 0 Å². The molecule has 4 rings (SSSR count). The van der Waals surface area contributed by atoms with Gasteiger partial charge in [0.05, 0.1) is 17.8 Å². The van der Waals surface area contributed by atoms with Gasteiger partial charge in [-0.1, -0.05) is 12.1 Å². The number of halogens is 4. The topological polar surface area (TPSA) is 102 Å². The highest BCUT2D eigenvalue weighted by Crippen LogP contribution is 2.34. The minimum atomic E-state index is -5.12. The van der Waals surface area contributed by atoms with Crippen molar-refractivity contribution < 1.29 is 32.3 Å². The maximum absolute atomic E-state index is 14.0. The molecule has 36 heavy (non-hydrogen) atoms. The van der Waals surface area contributed by atoms with Gasteiger partial charge in [0.2, 0.25) is 5.91 Å². The summed E-state index contributed by atoms with van der Waals surface area (Å²) in [6, 6.07) is 8.40. The van der Waals surface area contributed by atoms with Crippen LogP contribution in [0.3, 0.4) is 0 Å². The molecule has 0 unspecified atom stereocenters. The van der Waals surface area contributed by atoms with Gasteiger partial charge in [-0.2, -0.15) is 13.2 Å². The number of alkyl halides is 3. The van der Waals surface area contributed by atoms with Crippen LogP contribution in [0, 0.1) is 5.82 Å². The quantitative estimate of drug-likeness (QED) is 0.536. The summed E-state index contributed by atoms with van der Waals surface area (Å²) in [5.41, 5.74) is -5.03. The molecule has 1 aromatic heterocycles. The third kappa shape index (κ3) is 4.66. The first-order valence-electron chi connectivity index (χ1n) is 10.8. The molecule has 3 aromatic rings. The lowest BCUT2D eigenvalue weighted by Gasteiger charge is -2.27. The normalized spacial score (nSPS) is 14.2. The number of carbonyl (C=O) groups is 2. The second kappa shape index (κ2) is 9.44. The molecule has 1 N–H and O–H groups in total. The highest BCUT2D eigenvalue weighted by molar-refractivity contribution is 5.94. The number of piperidine rings is 1. The van der Waals surface area contributed by atoms with Crippen molar-refractivity contribution in [3.05, 3.63) is 92.0 Å². The number of carboxylic acids is 1. The average molecular weight is 505 g/mol. The number of aromatic carboxylic acids is 1. The van der Waals surface area contributed by atoms with E-state index in [4.69, 9.17) is 0 Å². The van der Waals surface area contributed by atoms with Crippen molar-refractivity contribution >= 4 is 17.6 Å². The average Bonchev–Trinajstić information content (AvgIpc) is 2.81. The summed E-state index contributed by atoms with van der Waals surface area (Å²) in [4.78, 5) is 51.3. The van der Waals surface area contributed by atoms with E-state index < -0.39 is 52.4 Å². The summed E-state index contributed by atoms with van der Waals surface area (Å²) in [6.07, 6.45) is -2.34. The molecule has 1 aliphatic heterocycles. The largest absolute Gasteiger partial charge is 0.477 e. The van der Waals surface area contributed by atoms with E-state index in [0.717, 1.165) is 35.7 Å². The Hall–Kier alpha value is -4.22. The summed E-state index contributed by atoms with van der Waals surface area (Å²) in [6.45, 7) is -0.493. The van der Waals surface area contributed by atoms with E-state index in [2.05, 4.69) is 0 Å². The highest BCUT2D eigenvalue weighted by Gasteiger charge is 2.37. The van der Waals surface area contributed by atoms with Crippen LogP contribution in [0.2, 0.25) is 0 Å². The number of aromatic nitrogens is 2. The number of amides is 1. The monoisotopic (exact) mass is 505 g/mol. The Labute approximate surface area is 200 Å². The van der Waals surface area contributed by atoms with Crippen LogP contribution in [0.25, 0.3) is 5.69 Å². The Bertz CT molecular complexity index is 1460. The van der Waals surface area contributed by atoms with Gasteiger partial charge in [-0.3, -0.25) is 18.7 Å². The first kappa shape index (κ1) is 24.9. The maximum atomic E-state index is 14.0. The zero-order valence-electron chi connectivity index (χ0n) is 18.6. The van der Waals surface area contributed by atoms with Crippen LogP contribution in [-0.4, -0.2) is 32.7 Å². The summed E-state index contributed by atoms with van der Waals surface area (Å²) in [7, 11) is 0. The molecule has 2 aromatic carbocycles. The zero-order valence-corrected chi connectivity index (χ0v) is 18.6. The fourth-order valence-corrected chi connectivity index (χ4v) is 4.13. The van der Waals surface area contributed by atoms with Crippen molar-refractivity contribution in [2.75, 3.05) is 11.4 Å². The van der Waals surface area contributed by atoms with Crippen LogP contribution < -0.4 is 16.1 Å². The van der Waals surface area contributed by atoms with Gasteiger partial charge < -0.3 is 10.0 Å². The molecule has 0 radical (unpaired) electrons. The number of hydrogen-bond acceptors (Lipinski definition) is 4. The van der Waals surface area contributed by atoms with Crippen molar-refractivity contribution in [3.8, 4) is 5.69 Å². The van der Waals surface area contributed by atoms with E-state index in [9.17, 15) is 41.8 Å². The van der Waals surface area contributed by atoms with Crippen LogP contribution in [0.15, 0.2) is 58.3 Å². The predicted molar refractivity (Wildman–Crippen MR) is 120 cm³/mol. The molecular weight excluding hydrogens is 486 g/mol. The van der Waals surface area contributed by atoms with Gasteiger partial charge in [-0.25, -0.2) is 14.0 Å². The lowest BCUT2D eigenvalue weighted by Crippen LogP contribution is -2.42. The molecule has 0 spiro atoms. The Kier molecular flexibility index (Phi) is 6.53. The third-order valence-electron chi connectivity index (χ3n) is 5.88. The Morgan fingerprint density at radius 2 is 1.64 bits per heavy atom. The highest BCUT2D eigenvalue weighted by atomic mass is 19.4. The first-order valence-corrected chi connectivity index (χ1v) is 10.8. The molecule has 1 fully saturated rings. The van der Waals surface area contributed by atoms with Crippen molar-refractivity contribution in [3.63, 3.8) is 0 Å². The van der Waals surface area contributed by atoms with E-state index in [-0.39, 0.29) is 11.6 Å². The summed E-state index contributed by atoms with van der Waals surface area (Å²) < 4.78 is 55.5. The lowest BCUT2D eigenvalue weighted by molar-refractivity contribution is -0.140. The fourth-order valence-electron chi connectivity index (χ4n) is 4.13. The summed E-state index contributed by atoms with van der Waals surface area (Å²) >= 11 is 0. The zero-order chi connectivity index (χ0) is 26.2. The third-order valence-corrected chi connectivity index (χ3v) is 5.88. The Morgan fingerprint density at radius 1 is 0.972 bits per heavy atom. The fraction of sp³-hybridized carbons (Fsp3) is 0.250. The van der Waals surface area contributed by atoms with Crippen molar-refractivity contribution in [2.45, 2.75) is 32.0 Å². The van der Waals surface area contributed by atoms with E-state index in [0.29, 0.717) is 29.3 Å². The Morgan fingerprint density at radius 3 is 2.25 bits per heavy atom. The minimum absolute atomic E-state index is 0.0663. The first-order chi connectivity index (χ1) is 17.0. The SMILES string of the molecule is O=C(O)c1cn(-c2ccc(N3CCCCC3=O)cc2)c(=O)n(Cc2cccc(F)c2C(F)(F)F)c1=O. The smallest absolute Gasteiger partial charge is 0.419 e. The number of benzene rings is 2. The number of carboxylic acid groups (broad SMARTS) is 1. The summed E-state index contributed by atoms with van der Waals surface area (Å²) in [5, 5.41) is 9.48. The maximum Gasteiger partial charge on any atom is 0.419 e. The summed E-state index contributed by atoms with van der Waals surface area (Å²) in [5.74, 6) is -3.36. The number of nitrogens with zero attached hydrogens (tertiary/aromatic N) is 3. The molecule has 188 valence electrons. The van der Waals surface area contributed by atoms with E-state index in [1.165, 1.54) is 24.3 Å². The van der Waals surface area contributed by atoms with E-state index in [1.54, 1.807) is 4.90 Å². The van der Waals surface area contributed by atoms with E-state index in [1.807, 2.05) is 0 Å². The molecular formula is C24H19F4N3O5. The molecule has 0 saturated carbocycles. The van der Waals surface area contributed by atoms with Crippen LogP contribution in [0.4, 0.5) is 23.2 Å². The molecule has 0 aliphatic carbocycles. The number of anilines is 1. The predicted octanol–water partition coefficient (Wildman–Crippen LogP) is 3.42. The molecule has 1 aliphatic rings. The Balaban J connectivity index is 1.82. The standard InChI is InChI=1S/C24H19F4N3O5/c25-18-5-3-4-14(20(18)24(26,27)28)12-31-21(33)17(22(34)35)13-30(23(31)36)16-9-7-15(8-10-16)29-11-2-1-6-19(29)32/h3-5,7-10,13H,1-2,6,11-12H2,(H,34,35). The van der Waals surface area contributed by atoms with Crippen LogP contribution in [-0.2, 0) is 17.5 Å². The van der Waals surface area contributed by atoms with Gasteiger partial charge in [0.25, 0.3) is 5.56 Å². The molecule has 0 atom stereocenters. The van der Waals surface area contributed by atoms with Gasteiger partial charge in [0.15, 0.2) is 0 Å². The van der Waals surface area contributed by atoms with Crippen LogP contribution in [0.5, 0.6) is 0 Å². The molecule has 1 saturated heterocycles. The van der Waals surface area contributed by atoms with Gasteiger partial charge in [0.1, 0.15) is 11.4 Å². The lowest BCUT2D eigenvalue weighted by atomic mass is 10.1.